The molecule has 2 rings (SSSR count). The van der Waals surface area contributed by atoms with Crippen molar-refractivity contribution < 1.29 is 17.8 Å². The highest BCUT2D eigenvalue weighted by molar-refractivity contribution is 7.85. The molecule has 0 aliphatic heterocycles. The molecule has 0 aliphatic rings. The Morgan fingerprint density at radius 3 is 2.17 bits per heavy atom. The Morgan fingerprint density at radius 1 is 1.28 bits per heavy atom. The molecule has 0 fully saturated rings. The Bertz CT molecular complexity index is 593. The topological polar surface area (TPSA) is 126 Å². The van der Waals surface area contributed by atoms with Crippen LogP contribution in [-0.2, 0) is 10.1 Å². The predicted molar refractivity (Wildman–Crippen MR) is 63.4 cm³/mol. The minimum atomic E-state index is -4.00. The molecule has 0 aliphatic carbocycles. The largest absolute Gasteiger partial charge is 0.364 e. The number of H-pyrrole nitrogens is 1. The van der Waals surface area contributed by atoms with Crippen LogP contribution in [0, 0.1) is 0 Å². The van der Waals surface area contributed by atoms with Gasteiger partial charge in [0.05, 0.1) is 17.4 Å². The number of benzene rings is 1. The summed E-state index contributed by atoms with van der Waals surface area (Å²) in [5, 5.41) is 0. The van der Waals surface area contributed by atoms with Gasteiger partial charge in [0.25, 0.3) is 16.0 Å². The molecular formula is C10H11N3O4S. The van der Waals surface area contributed by atoms with E-state index in [2.05, 4.69) is 9.97 Å². The quantitative estimate of drug-likeness (QED) is 0.682. The molecule has 0 unspecified atom stereocenters. The molecule has 96 valence electrons. The number of primary amides is 1. The van der Waals surface area contributed by atoms with Crippen molar-refractivity contribution in [2.24, 2.45) is 5.73 Å². The summed E-state index contributed by atoms with van der Waals surface area (Å²) >= 11 is 0. The Morgan fingerprint density at radius 2 is 1.89 bits per heavy atom. The minimum absolute atomic E-state index is 0.0741. The van der Waals surface area contributed by atoms with Crippen molar-refractivity contribution in [3.8, 4) is 0 Å². The predicted octanol–water partition coefficient (Wildman–Crippen LogP) is 0.442. The van der Waals surface area contributed by atoms with Gasteiger partial charge in [0.15, 0.2) is 0 Å². The van der Waals surface area contributed by atoms with Crippen LogP contribution in [0.5, 0.6) is 0 Å². The van der Waals surface area contributed by atoms with Gasteiger partial charge in [0.2, 0.25) is 0 Å². The maximum absolute atomic E-state index is 10.4. The third-order valence-corrected chi connectivity index (χ3v) is 2.67. The van der Waals surface area contributed by atoms with Crippen molar-refractivity contribution >= 4 is 16.0 Å². The van der Waals surface area contributed by atoms with Crippen LogP contribution in [0.3, 0.4) is 0 Å². The number of rotatable bonds is 2. The van der Waals surface area contributed by atoms with Crippen molar-refractivity contribution in [2.45, 2.75) is 4.90 Å². The van der Waals surface area contributed by atoms with E-state index in [1.807, 2.05) is 0 Å². The van der Waals surface area contributed by atoms with E-state index < -0.39 is 16.0 Å². The molecule has 0 atom stereocenters. The fourth-order valence-electron chi connectivity index (χ4n) is 0.983. The van der Waals surface area contributed by atoms with Gasteiger partial charge in [-0.3, -0.25) is 9.35 Å². The van der Waals surface area contributed by atoms with E-state index in [1.165, 1.54) is 24.7 Å². The zero-order valence-corrected chi connectivity index (χ0v) is 9.96. The average molecular weight is 269 g/mol. The van der Waals surface area contributed by atoms with E-state index in [0.717, 1.165) is 0 Å². The van der Waals surface area contributed by atoms with Gasteiger partial charge >= 0.3 is 0 Å². The van der Waals surface area contributed by atoms with Crippen molar-refractivity contribution in [3.05, 3.63) is 48.5 Å². The first-order valence-corrected chi connectivity index (χ1v) is 6.16. The van der Waals surface area contributed by atoms with Crippen LogP contribution in [0.1, 0.15) is 10.5 Å². The Labute approximate surface area is 103 Å². The van der Waals surface area contributed by atoms with Crippen LogP contribution in [-0.4, -0.2) is 28.8 Å². The lowest BCUT2D eigenvalue weighted by molar-refractivity contribution is 0.0996. The molecule has 0 radical (unpaired) electrons. The number of amides is 1. The fraction of sp³-hybridized carbons (Fsp3) is 0. The van der Waals surface area contributed by atoms with Crippen LogP contribution in [0.4, 0.5) is 0 Å². The number of nitrogens with one attached hydrogen (secondary N) is 1. The van der Waals surface area contributed by atoms with E-state index in [4.69, 9.17) is 10.3 Å². The molecular weight excluding hydrogens is 258 g/mol. The fourth-order valence-corrected chi connectivity index (χ4v) is 1.48. The standard InChI is InChI=1S/C6H6O3S.C4H5N3O/c7-10(8,9)6-4-2-1-3-5-6;5-4(8)3-1-6-2-7-3/h1-5H,(H,7,8,9);1-2H,(H2,5,8)(H,6,7). The molecule has 1 heterocycles. The summed E-state index contributed by atoms with van der Waals surface area (Å²) in [6, 6.07) is 7.42. The summed E-state index contributed by atoms with van der Waals surface area (Å²) in [6.07, 6.45) is 2.78. The molecule has 1 aromatic heterocycles. The molecule has 0 saturated heterocycles. The summed E-state index contributed by atoms with van der Waals surface area (Å²) < 4.78 is 29.2. The first-order chi connectivity index (χ1) is 8.41. The molecule has 18 heavy (non-hydrogen) atoms. The van der Waals surface area contributed by atoms with E-state index in [-0.39, 0.29) is 4.90 Å². The van der Waals surface area contributed by atoms with E-state index in [1.54, 1.807) is 18.2 Å². The van der Waals surface area contributed by atoms with Crippen LogP contribution >= 0.6 is 0 Å². The van der Waals surface area contributed by atoms with Gasteiger partial charge in [-0.1, -0.05) is 18.2 Å². The van der Waals surface area contributed by atoms with Gasteiger partial charge in [-0.2, -0.15) is 8.42 Å². The number of aromatic amines is 1. The molecule has 4 N–H and O–H groups in total. The first kappa shape index (κ1) is 13.9. The zero-order chi connectivity index (χ0) is 13.6. The molecule has 2 aromatic rings. The maximum atomic E-state index is 10.4. The second-order valence-electron chi connectivity index (χ2n) is 3.12. The van der Waals surface area contributed by atoms with Crippen molar-refractivity contribution in [1.82, 2.24) is 9.97 Å². The Balaban J connectivity index is 0.000000184. The van der Waals surface area contributed by atoms with E-state index in [9.17, 15) is 13.2 Å². The Kier molecular flexibility index (Phi) is 4.58. The van der Waals surface area contributed by atoms with Gasteiger partial charge in [-0.05, 0) is 12.1 Å². The summed E-state index contributed by atoms with van der Waals surface area (Å²) in [5.74, 6) is -0.484. The highest BCUT2D eigenvalue weighted by atomic mass is 32.2. The maximum Gasteiger partial charge on any atom is 0.294 e. The van der Waals surface area contributed by atoms with Crippen LogP contribution in [0.25, 0.3) is 0 Å². The highest BCUT2D eigenvalue weighted by Gasteiger charge is 2.05. The van der Waals surface area contributed by atoms with Crippen molar-refractivity contribution in [3.63, 3.8) is 0 Å². The number of hydrogen-bond donors (Lipinski definition) is 3. The van der Waals surface area contributed by atoms with Gasteiger partial charge < -0.3 is 10.7 Å². The molecule has 0 saturated carbocycles. The summed E-state index contributed by atoms with van der Waals surface area (Å²) in [5.41, 5.74) is 5.19. The van der Waals surface area contributed by atoms with Gasteiger partial charge in [0.1, 0.15) is 5.69 Å². The summed E-state index contributed by atoms with van der Waals surface area (Å²) in [7, 11) is -4.00. The molecule has 8 heteroatoms. The van der Waals surface area contributed by atoms with Crippen LogP contribution in [0.15, 0.2) is 47.8 Å². The second-order valence-corrected chi connectivity index (χ2v) is 4.54. The van der Waals surface area contributed by atoms with E-state index in [0.29, 0.717) is 5.69 Å². The lowest BCUT2D eigenvalue weighted by Gasteiger charge is -1.92. The number of carbonyl (C=O) groups is 1. The number of nitrogens with two attached hydrogens (primary N) is 1. The van der Waals surface area contributed by atoms with Crippen LogP contribution < -0.4 is 5.73 Å². The molecule has 0 bridgehead atoms. The number of carbonyl (C=O) groups excluding carboxylic acids is 1. The summed E-state index contributed by atoms with van der Waals surface area (Å²) in [6.45, 7) is 0. The van der Waals surface area contributed by atoms with Crippen molar-refractivity contribution in [2.75, 3.05) is 0 Å². The molecule has 1 amide bonds. The lowest BCUT2D eigenvalue weighted by atomic mass is 10.4. The minimum Gasteiger partial charge on any atom is -0.364 e. The molecule has 1 aromatic carbocycles. The number of hydrogen-bond acceptors (Lipinski definition) is 4. The number of imidazole rings is 1. The lowest BCUT2D eigenvalue weighted by Crippen LogP contribution is -2.10. The highest BCUT2D eigenvalue weighted by Crippen LogP contribution is 2.05. The monoisotopic (exact) mass is 269 g/mol. The zero-order valence-electron chi connectivity index (χ0n) is 9.15. The molecule has 7 nitrogen and oxygen atoms in total. The van der Waals surface area contributed by atoms with Crippen molar-refractivity contribution in [1.29, 1.82) is 0 Å². The summed E-state index contributed by atoms with van der Waals surface area (Å²) in [4.78, 5) is 16.3. The van der Waals surface area contributed by atoms with Gasteiger partial charge in [0, 0.05) is 0 Å². The van der Waals surface area contributed by atoms with E-state index >= 15 is 0 Å². The van der Waals surface area contributed by atoms with Crippen LogP contribution in [0.2, 0.25) is 0 Å². The Hall–Kier alpha value is -2.19. The normalized spacial score (nSPS) is 10.3. The smallest absolute Gasteiger partial charge is 0.294 e. The van der Waals surface area contributed by atoms with Gasteiger partial charge in [-0.15, -0.1) is 0 Å². The average Bonchev–Trinajstić information content (AvgIpc) is 2.83. The van der Waals surface area contributed by atoms with Gasteiger partial charge in [-0.25, -0.2) is 4.98 Å². The second kappa shape index (κ2) is 5.94. The third-order valence-electron chi connectivity index (χ3n) is 1.80. The molecule has 0 spiro atoms. The SMILES string of the molecule is NC(=O)c1cnc[nH]1.O=S(=O)(O)c1ccccc1. The number of nitrogens with zero attached hydrogens (tertiary/aromatic N) is 1. The number of aromatic nitrogens is 2. The first-order valence-electron chi connectivity index (χ1n) is 4.72. The third kappa shape index (κ3) is 4.36.